The maximum absolute atomic E-state index is 10.8. The van der Waals surface area contributed by atoms with Gasteiger partial charge in [-0.3, -0.25) is 4.90 Å². The van der Waals surface area contributed by atoms with Gasteiger partial charge in [0.2, 0.25) is 5.75 Å². The Morgan fingerprint density at radius 1 is 1.12 bits per heavy atom. The lowest BCUT2D eigenvalue weighted by atomic mass is 10.2. The van der Waals surface area contributed by atoms with E-state index in [0.29, 0.717) is 23.9 Å². The fourth-order valence-corrected chi connectivity index (χ4v) is 2.32. The van der Waals surface area contributed by atoms with E-state index in [4.69, 9.17) is 29.2 Å². The van der Waals surface area contributed by atoms with E-state index in [0.717, 1.165) is 39.3 Å². The molecular formula is C17H28ClNO7. The molecule has 1 fully saturated rings. The van der Waals surface area contributed by atoms with Gasteiger partial charge in [-0.15, -0.1) is 12.4 Å². The van der Waals surface area contributed by atoms with Gasteiger partial charge in [0.05, 0.1) is 40.1 Å². The molecule has 0 aromatic heterocycles. The number of rotatable bonds is 7. The molecule has 8 nitrogen and oxygen atoms in total. The van der Waals surface area contributed by atoms with E-state index in [1.165, 1.54) is 33.5 Å². The van der Waals surface area contributed by atoms with E-state index in [1.807, 2.05) is 0 Å². The van der Waals surface area contributed by atoms with Crippen LogP contribution in [0.25, 0.3) is 0 Å². The van der Waals surface area contributed by atoms with E-state index >= 15 is 0 Å². The van der Waals surface area contributed by atoms with E-state index in [9.17, 15) is 4.79 Å². The Morgan fingerprint density at radius 2 is 1.65 bits per heavy atom. The molecule has 26 heavy (non-hydrogen) atoms. The maximum atomic E-state index is 10.8. The van der Waals surface area contributed by atoms with Crippen LogP contribution in [0, 0.1) is 0 Å². The van der Waals surface area contributed by atoms with Crippen molar-refractivity contribution in [2.24, 2.45) is 0 Å². The molecule has 0 bridgehead atoms. The summed E-state index contributed by atoms with van der Waals surface area (Å²) >= 11 is 0. The van der Waals surface area contributed by atoms with Crippen molar-refractivity contribution in [2.45, 2.75) is 6.42 Å². The lowest BCUT2D eigenvalue weighted by molar-refractivity contribution is 0.0353. The van der Waals surface area contributed by atoms with Crippen molar-refractivity contribution in [1.29, 1.82) is 0 Å². The molecule has 2 N–H and O–H groups in total. The van der Waals surface area contributed by atoms with Crippen LogP contribution in [-0.4, -0.2) is 81.9 Å². The number of nitrogens with zero attached hydrogens (tertiary/aromatic N) is 1. The first-order valence-corrected chi connectivity index (χ1v) is 8.01. The average Bonchev–Trinajstić information content (AvgIpc) is 2.66. The number of ether oxygens (including phenoxy) is 4. The molecule has 0 amide bonds. The Hall–Kier alpha value is -1.74. The smallest absolute Gasteiger partial charge is 0.335 e. The van der Waals surface area contributed by atoms with Crippen molar-refractivity contribution in [3.63, 3.8) is 0 Å². The fraction of sp³-hybridized carbons (Fsp3) is 0.588. The van der Waals surface area contributed by atoms with E-state index in [1.54, 1.807) is 0 Å². The number of hydrogen-bond acceptors (Lipinski definition) is 7. The van der Waals surface area contributed by atoms with Crippen molar-refractivity contribution >= 4 is 18.4 Å². The summed E-state index contributed by atoms with van der Waals surface area (Å²) in [6, 6.07) is 2.76. The van der Waals surface area contributed by atoms with E-state index in [2.05, 4.69) is 4.90 Å². The van der Waals surface area contributed by atoms with Gasteiger partial charge in [0.15, 0.2) is 11.5 Å². The Morgan fingerprint density at radius 3 is 2.04 bits per heavy atom. The zero-order valence-electron chi connectivity index (χ0n) is 15.4. The van der Waals surface area contributed by atoms with Gasteiger partial charge >= 0.3 is 5.97 Å². The van der Waals surface area contributed by atoms with Crippen molar-refractivity contribution in [3.05, 3.63) is 17.7 Å². The number of aromatic carboxylic acids is 1. The third-order valence-electron chi connectivity index (χ3n) is 3.65. The van der Waals surface area contributed by atoms with Gasteiger partial charge in [-0.25, -0.2) is 4.79 Å². The Balaban J connectivity index is 0.000000497. The molecule has 0 saturated carbocycles. The Bertz CT molecular complexity index is 511. The Labute approximate surface area is 160 Å². The van der Waals surface area contributed by atoms with Gasteiger partial charge in [-0.05, 0) is 18.6 Å². The van der Waals surface area contributed by atoms with Crippen LogP contribution in [-0.2, 0) is 4.74 Å². The van der Waals surface area contributed by atoms with Crippen molar-refractivity contribution in [1.82, 2.24) is 4.90 Å². The molecule has 0 radical (unpaired) electrons. The molecule has 150 valence electrons. The van der Waals surface area contributed by atoms with Gasteiger partial charge < -0.3 is 29.2 Å². The molecular weight excluding hydrogens is 366 g/mol. The number of benzene rings is 1. The summed E-state index contributed by atoms with van der Waals surface area (Å²) in [5.74, 6) is -0.0113. The van der Waals surface area contributed by atoms with Gasteiger partial charge in [0, 0.05) is 26.2 Å². The quantitative estimate of drug-likeness (QED) is 0.719. The summed E-state index contributed by atoms with van der Waals surface area (Å²) in [7, 11) is 4.33. The van der Waals surface area contributed by atoms with Crippen molar-refractivity contribution < 1.29 is 34.0 Å². The van der Waals surface area contributed by atoms with Crippen LogP contribution in [0.15, 0.2) is 12.1 Å². The molecule has 1 heterocycles. The monoisotopic (exact) mass is 393 g/mol. The van der Waals surface area contributed by atoms with Crippen LogP contribution in [0.4, 0.5) is 0 Å². The molecule has 1 aliphatic heterocycles. The van der Waals surface area contributed by atoms with Gasteiger partial charge in [0.1, 0.15) is 0 Å². The van der Waals surface area contributed by atoms with Crippen LogP contribution in [0.5, 0.6) is 17.2 Å². The number of hydrogen-bond donors (Lipinski definition) is 2. The highest BCUT2D eigenvalue weighted by atomic mass is 35.5. The fourth-order valence-electron chi connectivity index (χ4n) is 2.32. The van der Waals surface area contributed by atoms with E-state index < -0.39 is 5.97 Å². The first-order valence-electron chi connectivity index (χ1n) is 8.01. The standard InChI is InChI=1S/C10H12O5.C7H15NO2.ClH/c1-13-7-4-6(10(11)12)5-8(14-2)9(7)15-3;9-5-1-2-8-3-6-10-7-4-8;/h4-5H,1-3H3,(H,11,12);9H,1-7H2;1H. The summed E-state index contributed by atoms with van der Waals surface area (Å²) in [5.41, 5.74) is 0.0875. The number of carboxylic acid groups (broad SMARTS) is 1. The van der Waals surface area contributed by atoms with Crippen LogP contribution in [0.2, 0.25) is 0 Å². The number of aliphatic hydroxyl groups excluding tert-OH is 1. The van der Waals surface area contributed by atoms with Gasteiger partial charge in [0.25, 0.3) is 0 Å². The van der Waals surface area contributed by atoms with Crippen LogP contribution in [0.1, 0.15) is 16.8 Å². The number of morpholine rings is 1. The van der Waals surface area contributed by atoms with Crippen molar-refractivity contribution in [2.75, 3.05) is 60.8 Å². The third kappa shape index (κ3) is 7.65. The lowest BCUT2D eigenvalue weighted by Crippen LogP contribution is -2.37. The second-order valence-corrected chi connectivity index (χ2v) is 5.25. The molecule has 1 aliphatic rings. The predicted octanol–water partition coefficient (Wildman–Crippen LogP) is 1.53. The first-order chi connectivity index (χ1) is 12.1. The number of aliphatic hydroxyl groups is 1. The minimum Gasteiger partial charge on any atom is -0.493 e. The second-order valence-electron chi connectivity index (χ2n) is 5.25. The zero-order valence-corrected chi connectivity index (χ0v) is 16.2. The van der Waals surface area contributed by atoms with E-state index in [-0.39, 0.29) is 18.0 Å². The lowest BCUT2D eigenvalue weighted by Gasteiger charge is -2.25. The first kappa shape index (κ1) is 24.3. The van der Waals surface area contributed by atoms with Crippen LogP contribution >= 0.6 is 12.4 Å². The summed E-state index contributed by atoms with van der Waals surface area (Å²) in [4.78, 5) is 13.1. The molecule has 0 aliphatic carbocycles. The van der Waals surface area contributed by atoms with Crippen LogP contribution < -0.4 is 14.2 Å². The Kier molecular flexibility index (Phi) is 12.6. The average molecular weight is 394 g/mol. The normalized spacial score (nSPS) is 13.7. The maximum Gasteiger partial charge on any atom is 0.335 e. The predicted molar refractivity (Wildman–Crippen MR) is 99.3 cm³/mol. The van der Waals surface area contributed by atoms with Crippen molar-refractivity contribution in [3.8, 4) is 17.2 Å². The minimum atomic E-state index is -1.05. The molecule has 0 spiro atoms. The minimum absolute atomic E-state index is 0. The summed E-state index contributed by atoms with van der Waals surface area (Å²) in [5, 5.41) is 17.4. The largest absolute Gasteiger partial charge is 0.493 e. The molecule has 1 aromatic carbocycles. The number of halogens is 1. The number of carbonyl (C=O) groups is 1. The molecule has 9 heteroatoms. The second kappa shape index (κ2) is 13.5. The third-order valence-corrected chi connectivity index (χ3v) is 3.65. The highest BCUT2D eigenvalue weighted by Gasteiger charge is 2.15. The zero-order chi connectivity index (χ0) is 18.7. The summed E-state index contributed by atoms with van der Waals surface area (Å²) < 4.78 is 20.2. The number of carboxylic acids is 1. The summed E-state index contributed by atoms with van der Waals surface area (Å²) in [6.07, 6.45) is 0.889. The van der Waals surface area contributed by atoms with Gasteiger partial charge in [-0.1, -0.05) is 0 Å². The molecule has 1 saturated heterocycles. The SMILES string of the molecule is COc1cc(C(=O)O)cc(OC)c1OC.Cl.OCCCN1CCOCC1. The molecule has 0 atom stereocenters. The topological polar surface area (TPSA) is 97.7 Å². The summed E-state index contributed by atoms with van der Waals surface area (Å²) in [6.45, 7) is 5.08. The highest BCUT2D eigenvalue weighted by molar-refractivity contribution is 5.89. The highest BCUT2D eigenvalue weighted by Crippen LogP contribution is 2.38. The van der Waals surface area contributed by atoms with Crippen LogP contribution in [0.3, 0.4) is 0 Å². The molecule has 0 unspecified atom stereocenters. The van der Waals surface area contributed by atoms with Gasteiger partial charge in [-0.2, -0.15) is 0 Å². The molecule has 2 rings (SSSR count). The molecule has 1 aromatic rings. The number of methoxy groups -OCH3 is 3.